The zero-order valence-electron chi connectivity index (χ0n) is 15.2. The Hall–Kier alpha value is -3.19. The Kier molecular flexibility index (Phi) is 6.06. The molecule has 144 valence electrons. The van der Waals surface area contributed by atoms with Crippen molar-refractivity contribution in [3.8, 4) is 5.75 Å². The maximum absolute atomic E-state index is 12.9. The Morgan fingerprint density at radius 1 is 0.964 bits per heavy atom. The molecule has 0 aromatic heterocycles. The fraction of sp³-hybridized carbons (Fsp3) is 0.0952. The van der Waals surface area contributed by atoms with Crippen LogP contribution >= 0.6 is 0 Å². The molecule has 5 nitrogen and oxygen atoms in total. The van der Waals surface area contributed by atoms with Crippen LogP contribution in [0.3, 0.4) is 0 Å². The number of anilines is 1. The molecule has 3 aromatic carbocycles. The summed E-state index contributed by atoms with van der Waals surface area (Å²) in [5.74, 6) is 0.362. The zero-order chi connectivity index (χ0) is 20.0. The van der Waals surface area contributed by atoms with Crippen LogP contribution in [0.1, 0.15) is 12.5 Å². The number of nitrogens with one attached hydrogen (secondary N) is 1. The summed E-state index contributed by atoms with van der Waals surface area (Å²) in [5, 5.41) is 0. The Morgan fingerprint density at radius 2 is 1.61 bits per heavy atom. The minimum Gasteiger partial charge on any atom is -0.494 e. The highest BCUT2D eigenvalue weighted by atomic mass is 32.2. The second-order valence-electron chi connectivity index (χ2n) is 5.87. The van der Waals surface area contributed by atoms with E-state index in [4.69, 9.17) is 4.74 Å². The van der Waals surface area contributed by atoms with Crippen molar-refractivity contribution in [3.05, 3.63) is 84.2 Å². The molecular weight excluding hydrogens is 379 g/mol. The smallest absolute Gasteiger partial charge is 0.261 e. The van der Waals surface area contributed by atoms with Crippen molar-refractivity contribution < 1.29 is 17.5 Å². The molecule has 0 spiro atoms. The third-order valence-electron chi connectivity index (χ3n) is 3.80. The number of hydrogen-bond acceptors (Lipinski definition) is 4. The summed E-state index contributed by atoms with van der Waals surface area (Å²) in [7, 11) is -3.76. The monoisotopic (exact) mass is 398 g/mol. The van der Waals surface area contributed by atoms with Gasteiger partial charge in [0.2, 0.25) is 0 Å². The van der Waals surface area contributed by atoms with Crippen molar-refractivity contribution in [2.45, 2.75) is 11.8 Å². The summed E-state index contributed by atoms with van der Waals surface area (Å²) < 4.78 is 45.6. The van der Waals surface area contributed by atoms with Crippen LogP contribution < -0.4 is 9.46 Å². The van der Waals surface area contributed by atoms with E-state index < -0.39 is 15.8 Å². The molecule has 3 aromatic rings. The molecule has 28 heavy (non-hydrogen) atoms. The minimum absolute atomic E-state index is 0.0943. The first-order valence-electron chi connectivity index (χ1n) is 8.62. The first-order valence-corrected chi connectivity index (χ1v) is 10.1. The third kappa shape index (κ3) is 5.17. The fourth-order valence-electron chi connectivity index (χ4n) is 2.41. The largest absolute Gasteiger partial charge is 0.494 e. The van der Waals surface area contributed by atoms with Gasteiger partial charge in [-0.1, -0.05) is 0 Å². The topological polar surface area (TPSA) is 67.8 Å². The van der Waals surface area contributed by atoms with Gasteiger partial charge < -0.3 is 4.74 Å². The predicted molar refractivity (Wildman–Crippen MR) is 109 cm³/mol. The molecule has 0 saturated heterocycles. The molecule has 0 aliphatic rings. The molecule has 0 unspecified atom stereocenters. The minimum atomic E-state index is -3.76. The average molecular weight is 398 g/mol. The van der Waals surface area contributed by atoms with Gasteiger partial charge in [0.05, 0.1) is 17.2 Å². The molecule has 0 heterocycles. The van der Waals surface area contributed by atoms with Gasteiger partial charge in [0.1, 0.15) is 11.6 Å². The third-order valence-corrected chi connectivity index (χ3v) is 5.19. The van der Waals surface area contributed by atoms with Crippen LogP contribution in [0, 0.1) is 5.82 Å². The average Bonchev–Trinajstić information content (AvgIpc) is 2.70. The van der Waals surface area contributed by atoms with E-state index in [-0.39, 0.29) is 4.90 Å². The second kappa shape index (κ2) is 8.67. The van der Waals surface area contributed by atoms with E-state index in [1.807, 2.05) is 31.2 Å². The van der Waals surface area contributed by atoms with Crippen molar-refractivity contribution in [2.24, 2.45) is 4.99 Å². The van der Waals surface area contributed by atoms with E-state index in [1.54, 1.807) is 18.3 Å². The lowest BCUT2D eigenvalue weighted by molar-refractivity contribution is 0.340. The first-order chi connectivity index (χ1) is 13.5. The van der Waals surface area contributed by atoms with Gasteiger partial charge in [0.25, 0.3) is 10.0 Å². The summed E-state index contributed by atoms with van der Waals surface area (Å²) >= 11 is 0. The van der Waals surface area contributed by atoms with Crippen molar-refractivity contribution >= 4 is 27.6 Å². The molecule has 0 radical (unpaired) electrons. The van der Waals surface area contributed by atoms with Gasteiger partial charge in [-0.05, 0) is 85.3 Å². The highest BCUT2D eigenvalue weighted by Gasteiger charge is 2.13. The van der Waals surface area contributed by atoms with Gasteiger partial charge in [0.15, 0.2) is 0 Å². The number of rotatable bonds is 7. The number of halogens is 1. The first kappa shape index (κ1) is 19.6. The molecule has 0 bridgehead atoms. The van der Waals surface area contributed by atoms with Gasteiger partial charge in [0, 0.05) is 11.9 Å². The summed E-state index contributed by atoms with van der Waals surface area (Å²) in [5.41, 5.74) is 1.81. The van der Waals surface area contributed by atoms with Gasteiger partial charge >= 0.3 is 0 Å². The van der Waals surface area contributed by atoms with Crippen LogP contribution in [-0.2, 0) is 10.0 Å². The number of benzene rings is 3. The van der Waals surface area contributed by atoms with Gasteiger partial charge in [-0.3, -0.25) is 9.71 Å². The molecule has 3 rings (SSSR count). The van der Waals surface area contributed by atoms with E-state index in [2.05, 4.69) is 9.71 Å². The van der Waals surface area contributed by atoms with Crippen molar-refractivity contribution in [1.29, 1.82) is 0 Å². The molecule has 0 saturated carbocycles. The highest BCUT2D eigenvalue weighted by Crippen LogP contribution is 2.20. The second-order valence-corrected chi connectivity index (χ2v) is 7.55. The van der Waals surface area contributed by atoms with Crippen LogP contribution in [-0.4, -0.2) is 21.2 Å². The Morgan fingerprint density at radius 3 is 2.21 bits per heavy atom. The lowest BCUT2D eigenvalue weighted by atomic mass is 10.2. The number of ether oxygens (including phenoxy) is 1. The zero-order valence-corrected chi connectivity index (χ0v) is 16.0. The Balaban J connectivity index is 1.69. The van der Waals surface area contributed by atoms with E-state index in [0.717, 1.165) is 11.3 Å². The molecular formula is C21H19FN2O3S. The molecule has 7 heteroatoms. The molecule has 0 amide bonds. The summed E-state index contributed by atoms with van der Waals surface area (Å²) in [6.07, 6.45) is 1.69. The Bertz CT molecular complexity index is 1050. The van der Waals surface area contributed by atoms with E-state index in [1.165, 1.54) is 36.4 Å². The molecule has 0 aliphatic heterocycles. The van der Waals surface area contributed by atoms with Gasteiger partial charge in [-0.2, -0.15) is 0 Å². The number of aliphatic imine (C=N–C) groups is 1. The number of nitrogens with zero attached hydrogens (tertiary/aromatic N) is 1. The predicted octanol–water partition coefficient (Wildman–Crippen LogP) is 4.78. The summed E-state index contributed by atoms with van der Waals surface area (Å²) in [6.45, 7) is 2.53. The number of hydrogen-bond donors (Lipinski definition) is 1. The standard InChI is InChI=1S/C21H19FN2O3S/c1-2-27-20-11-3-16(4-12-20)15-23-18-9-13-21(14-10-18)28(25,26)24-19-7-5-17(22)6-8-19/h3-15,24H,2H2,1H3. The van der Waals surface area contributed by atoms with E-state index in [0.29, 0.717) is 18.0 Å². The normalized spacial score (nSPS) is 11.5. The van der Waals surface area contributed by atoms with Crippen molar-refractivity contribution in [1.82, 2.24) is 0 Å². The van der Waals surface area contributed by atoms with Crippen molar-refractivity contribution in [3.63, 3.8) is 0 Å². The lowest BCUT2D eigenvalue weighted by Gasteiger charge is -2.08. The van der Waals surface area contributed by atoms with E-state index >= 15 is 0 Å². The Labute approximate surface area is 163 Å². The van der Waals surface area contributed by atoms with Crippen molar-refractivity contribution in [2.75, 3.05) is 11.3 Å². The van der Waals surface area contributed by atoms with Gasteiger partial charge in [-0.15, -0.1) is 0 Å². The molecule has 0 fully saturated rings. The molecule has 1 N–H and O–H groups in total. The SMILES string of the molecule is CCOc1ccc(C=Nc2ccc(S(=O)(=O)Nc3ccc(F)cc3)cc2)cc1. The van der Waals surface area contributed by atoms with Crippen LogP contribution in [0.2, 0.25) is 0 Å². The van der Waals surface area contributed by atoms with Crippen LogP contribution in [0.5, 0.6) is 5.75 Å². The quantitative estimate of drug-likeness (QED) is 0.583. The fourth-order valence-corrected chi connectivity index (χ4v) is 3.47. The summed E-state index contributed by atoms with van der Waals surface area (Å²) in [4.78, 5) is 4.44. The highest BCUT2D eigenvalue weighted by molar-refractivity contribution is 7.92. The summed E-state index contributed by atoms with van der Waals surface area (Å²) in [6, 6.07) is 18.8. The van der Waals surface area contributed by atoms with Crippen LogP contribution in [0.15, 0.2) is 82.7 Å². The maximum Gasteiger partial charge on any atom is 0.261 e. The molecule has 0 atom stereocenters. The van der Waals surface area contributed by atoms with Crippen LogP contribution in [0.25, 0.3) is 0 Å². The van der Waals surface area contributed by atoms with Crippen LogP contribution in [0.4, 0.5) is 15.8 Å². The van der Waals surface area contributed by atoms with E-state index in [9.17, 15) is 12.8 Å². The maximum atomic E-state index is 12.9. The van der Waals surface area contributed by atoms with Gasteiger partial charge in [-0.25, -0.2) is 12.8 Å². The lowest BCUT2D eigenvalue weighted by Crippen LogP contribution is -2.12. The number of sulfonamides is 1. The molecule has 0 aliphatic carbocycles.